The number of hydrogen-bond acceptors (Lipinski definition) is 8. The molecule has 1 N–H and O–H groups in total. The first-order chi connectivity index (χ1) is 12.9. The number of thioether (sulfide) groups is 1. The molecule has 1 aliphatic heterocycles. The third kappa shape index (κ3) is 5.39. The second-order valence-corrected chi connectivity index (χ2v) is 9.25. The molecule has 2 aromatic heterocycles. The summed E-state index contributed by atoms with van der Waals surface area (Å²) >= 11 is 2.89. The van der Waals surface area contributed by atoms with Crippen molar-refractivity contribution in [2.75, 3.05) is 26.4 Å². The number of carbonyl (C=O) groups is 1. The summed E-state index contributed by atoms with van der Waals surface area (Å²) in [5.74, 6) is 1.13. The van der Waals surface area contributed by atoms with Crippen LogP contribution in [-0.2, 0) is 24.3 Å². The fraction of sp³-hybridized carbons (Fsp3) is 0.688. The summed E-state index contributed by atoms with van der Waals surface area (Å²) in [4.78, 5) is 26.8. The number of aryl methyl sites for hydroxylation is 2. The number of nitrogens with one attached hydrogen (secondary N) is 1. The van der Waals surface area contributed by atoms with Gasteiger partial charge in [-0.05, 0) is 33.9 Å². The van der Waals surface area contributed by atoms with E-state index in [4.69, 9.17) is 0 Å². The number of carbonyl (C=O) groups excluding carboxylic acids is 1. The van der Waals surface area contributed by atoms with Crippen LogP contribution in [0.25, 0.3) is 0 Å². The van der Waals surface area contributed by atoms with Gasteiger partial charge in [-0.1, -0.05) is 23.1 Å². The van der Waals surface area contributed by atoms with E-state index in [-0.39, 0.29) is 17.6 Å². The average molecular weight is 412 g/mol. The highest BCUT2D eigenvalue weighted by Gasteiger charge is 2.22. The molecule has 0 saturated heterocycles. The Morgan fingerprint density at radius 2 is 2.19 bits per heavy atom. The van der Waals surface area contributed by atoms with Gasteiger partial charge in [0.25, 0.3) is 0 Å². The number of fused-ring (bicyclic) bond motifs is 1. The van der Waals surface area contributed by atoms with Crippen molar-refractivity contribution in [3.63, 3.8) is 0 Å². The van der Waals surface area contributed by atoms with Crippen LogP contribution in [-0.4, -0.2) is 67.8 Å². The van der Waals surface area contributed by atoms with Gasteiger partial charge >= 0.3 is 5.69 Å². The molecule has 1 atom stereocenters. The van der Waals surface area contributed by atoms with Crippen LogP contribution >= 0.6 is 23.1 Å². The highest BCUT2D eigenvalue weighted by molar-refractivity contribution is 8.01. The van der Waals surface area contributed by atoms with Crippen LogP contribution in [0.3, 0.4) is 0 Å². The maximum Gasteiger partial charge on any atom is 0.345 e. The minimum absolute atomic E-state index is 0.0132. The van der Waals surface area contributed by atoms with Gasteiger partial charge in [-0.2, -0.15) is 5.10 Å². The lowest BCUT2D eigenvalue weighted by atomic mass is 10.1. The molecule has 0 bridgehead atoms. The Morgan fingerprint density at radius 1 is 1.37 bits per heavy atom. The van der Waals surface area contributed by atoms with Gasteiger partial charge in [-0.15, -0.1) is 10.2 Å². The quantitative estimate of drug-likeness (QED) is 0.658. The van der Waals surface area contributed by atoms with Crippen LogP contribution < -0.4 is 11.0 Å². The zero-order chi connectivity index (χ0) is 19.4. The smallest absolute Gasteiger partial charge is 0.345 e. The monoisotopic (exact) mass is 411 g/mol. The fourth-order valence-electron chi connectivity index (χ4n) is 2.95. The number of hydrogen-bond donors (Lipinski definition) is 1. The summed E-state index contributed by atoms with van der Waals surface area (Å²) in [6.45, 7) is 3.85. The van der Waals surface area contributed by atoms with Crippen molar-refractivity contribution in [3.8, 4) is 0 Å². The van der Waals surface area contributed by atoms with E-state index < -0.39 is 0 Å². The summed E-state index contributed by atoms with van der Waals surface area (Å²) in [6.07, 6.45) is 2.22. The number of amides is 1. The molecule has 3 heterocycles. The maximum absolute atomic E-state index is 12.5. The summed E-state index contributed by atoms with van der Waals surface area (Å²) < 4.78 is 4.11. The van der Waals surface area contributed by atoms with E-state index in [0.717, 1.165) is 34.6 Å². The van der Waals surface area contributed by atoms with Gasteiger partial charge in [0.15, 0.2) is 4.34 Å². The van der Waals surface area contributed by atoms with E-state index in [0.29, 0.717) is 25.3 Å². The SMILES string of the molecule is Cc1nnc(SCC(=O)NC2CCc3nn(CCN(C)C)c(=O)n3CC2)s1. The minimum Gasteiger partial charge on any atom is -0.353 e. The molecule has 1 aliphatic rings. The molecule has 3 rings (SSSR count). The fourth-order valence-corrected chi connectivity index (χ4v) is 4.57. The zero-order valence-corrected chi connectivity index (χ0v) is 17.5. The van der Waals surface area contributed by atoms with E-state index in [1.165, 1.54) is 23.1 Å². The van der Waals surface area contributed by atoms with Gasteiger partial charge in [0.05, 0.1) is 12.3 Å². The first kappa shape index (κ1) is 20.0. The first-order valence-corrected chi connectivity index (χ1v) is 10.8. The molecular weight excluding hydrogens is 386 g/mol. The summed E-state index contributed by atoms with van der Waals surface area (Å²) in [5.41, 5.74) is -0.0546. The number of likely N-dealkylation sites (N-methyl/N-ethyl adjacent to an activating group) is 1. The van der Waals surface area contributed by atoms with E-state index in [2.05, 4.69) is 20.6 Å². The molecule has 0 spiro atoms. The molecule has 2 aromatic rings. The Labute approximate surface area is 166 Å². The molecule has 9 nitrogen and oxygen atoms in total. The van der Waals surface area contributed by atoms with Crippen molar-refractivity contribution in [1.29, 1.82) is 0 Å². The molecule has 0 radical (unpaired) electrons. The van der Waals surface area contributed by atoms with Gasteiger partial charge in [0.2, 0.25) is 5.91 Å². The van der Waals surface area contributed by atoms with Gasteiger partial charge in [-0.25, -0.2) is 9.48 Å². The summed E-state index contributed by atoms with van der Waals surface area (Å²) in [6, 6.07) is 0.0607. The van der Waals surface area contributed by atoms with Gasteiger partial charge in [0, 0.05) is 25.6 Å². The average Bonchev–Trinajstić information content (AvgIpc) is 3.10. The Morgan fingerprint density at radius 3 is 2.89 bits per heavy atom. The number of rotatable bonds is 7. The lowest BCUT2D eigenvalue weighted by Crippen LogP contribution is -2.37. The first-order valence-electron chi connectivity index (χ1n) is 8.96. The topological polar surface area (TPSA) is 97.9 Å². The third-order valence-electron chi connectivity index (χ3n) is 4.38. The largest absolute Gasteiger partial charge is 0.353 e. The van der Waals surface area contributed by atoms with Gasteiger partial charge < -0.3 is 10.2 Å². The normalized spacial score (nSPS) is 17.0. The summed E-state index contributed by atoms with van der Waals surface area (Å²) in [7, 11) is 3.95. The van der Waals surface area contributed by atoms with E-state index in [1.807, 2.05) is 25.9 Å². The molecule has 0 aliphatic carbocycles. The molecule has 148 valence electrons. The Kier molecular flexibility index (Phi) is 6.66. The van der Waals surface area contributed by atoms with Crippen LogP contribution in [0, 0.1) is 6.92 Å². The molecular formula is C16H25N7O2S2. The molecule has 1 unspecified atom stereocenters. The molecule has 1 amide bonds. The van der Waals surface area contributed by atoms with Crippen LogP contribution in [0.1, 0.15) is 23.7 Å². The minimum atomic E-state index is -0.0546. The molecule has 27 heavy (non-hydrogen) atoms. The molecule has 0 fully saturated rings. The van der Waals surface area contributed by atoms with Crippen molar-refractivity contribution in [2.45, 2.75) is 49.7 Å². The number of nitrogens with zero attached hydrogens (tertiary/aromatic N) is 6. The zero-order valence-electron chi connectivity index (χ0n) is 15.8. The lowest BCUT2D eigenvalue weighted by Gasteiger charge is -2.15. The van der Waals surface area contributed by atoms with E-state index in [1.54, 1.807) is 9.25 Å². The Bertz CT molecular complexity index is 842. The van der Waals surface area contributed by atoms with Gasteiger partial charge in [0.1, 0.15) is 10.8 Å². The highest BCUT2D eigenvalue weighted by Crippen LogP contribution is 2.21. The van der Waals surface area contributed by atoms with E-state index in [9.17, 15) is 9.59 Å². The van der Waals surface area contributed by atoms with Crippen molar-refractivity contribution in [1.82, 2.24) is 34.8 Å². The maximum atomic E-state index is 12.5. The van der Waals surface area contributed by atoms with Crippen LogP contribution in [0.2, 0.25) is 0 Å². The summed E-state index contributed by atoms with van der Waals surface area (Å²) in [5, 5.41) is 16.4. The Balaban J connectivity index is 1.51. The van der Waals surface area contributed by atoms with Crippen molar-refractivity contribution in [3.05, 3.63) is 21.3 Å². The lowest BCUT2D eigenvalue weighted by molar-refractivity contribution is -0.119. The second kappa shape index (κ2) is 8.98. The van der Waals surface area contributed by atoms with Crippen molar-refractivity contribution in [2.24, 2.45) is 0 Å². The van der Waals surface area contributed by atoms with Crippen molar-refractivity contribution >= 4 is 29.0 Å². The molecule has 0 saturated carbocycles. The molecule has 11 heteroatoms. The predicted molar refractivity (Wildman–Crippen MR) is 105 cm³/mol. The van der Waals surface area contributed by atoms with Gasteiger partial charge in [-0.3, -0.25) is 9.36 Å². The highest BCUT2D eigenvalue weighted by atomic mass is 32.2. The van der Waals surface area contributed by atoms with Crippen molar-refractivity contribution < 1.29 is 4.79 Å². The Hall–Kier alpha value is -1.72. The predicted octanol–water partition coefficient (Wildman–Crippen LogP) is 0.380. The third-order valence-corrected chi connectivity index (χ3v) is 6.35. The standard InChI is InChI=1S/C16H25N7O2S2/c1-11-18-19-15(27-11)26-10-14(24)17-12-4-5-13-20-23(9-8-21(2)3)16(25)22(13)7-6-12/h12H,4-10H2,1-3H3,(H,17,24). The number of aromatic nitrogens is 5. The van der Waals surface area contributed by atoms with Crippen LogP contribution in [0.15, 0.2) is 9.13 Å². The van der Waals surface area contributed by atoms with Crippen LogP contribution in [0.4, 0.5) is 0 Å². The van der Waals surface area contributed by atoms with E-state index >= 15 is 0 Å². The second-order valence-electron chi connectivity index (χ2n) is 6.84. The van der Waals surface area contributed by atoms with Crippen LogP contribution in [0.5, 0.6) is 0 Å². The molecule has 0 aromatic carbocycles.